The van der Waals surface area contributed by atoms with E-state index in [1.165, 1.54) is 30.6 Å². The Balaban J connectivity index is 1.49. The molecule has 128 valence electrons. The van der Waals surface area contributed by atoms with Crippen LogP contribution in [0.2, 0.25) is 0 Å². The highest BCUT2D eigenvalue weighted by molar-refractivity contribution is 7.14. The van der Waals surface area contributed by atoms with E-state index in [2.05, 4.69) is 20.5 Å². The van der Waals surface area contributed by atoms with Gasteiger partial charge in [0.1, 0.15) is 0 Å². The molecular weight excluding hydrogens is 320 g/mol. The minimum atomic E-state index is -0.187. The number of nitrogens with zero attached hydrogens (tertiary/aromatic N) is 2. The fourth-order valence-corrected chi connectivity index (χ4v) is 3.72. The maximum absolute atomic E-state index is 12.1. The molecule has 0 saturated carbocycles. The van der Waals surface area contributed by atoms with E-state index in [4.69, 9.17) is 0 Å². The van der Waals surface area contributed by atoms with Crippen LogP contribution in [0.3, 0.4) is 0 Å². The van der Waals surface area contributed by atoms with Gasteiger partial charge >= 0.3 is 6.03 Å². The molecule has 0 spiro atoms. The molecule has 0 bridgehead atoms. The smallest absolute Gasteiger partial charge is 0.321 e. The van der Waals surface area contributed by atoms with E-state index in [0.717, 1.165) is 30.9 Å². The van der Waals surface area contributed by atoms with Gasteiger partial charge in [-0.25, -0.2) is 9.78 Å². The number of hydrogen-bond acceptors (Lipinski definition) is 4. The molecule has 2 amide bonds. The van der Waals surface area contributed by atoms with Crippen LogP contribution in [0.25, 0.3) is 11.3 Å². The number of piperidine rings is 1. The molecule has 3 rings (SSSR count). The summed E-state index contributed by atoms with van der Waals surface area (Å²) in [7, 11) is 0. The summed E-state index contributed by atoms with van der Waals surface area (Å²) in [6.07, 6.45) is 3.85. The maximum atomic E-state index is 12.1. The first-order chi connectivity index (χ1) is 11.7. The van der Waals surface area contributed by atoms with Crippen molar-refractivity contribution in [1.29, 1.82) is 0 Å². The Morgan fingerprint density at radius 1 is 1.25 bits per heavy atom. The van der Waals surface area contributed by atoms with Gasteiger partial charge in [-0.3, -0.25) is 5.32 Å². The van der Waals surface area contributed by atoms with Crippen molar-refractivity contribution >= 4 is 22.5 Å². The highest BCUT2D eigenvalue weighted by atomic mass is 32.1. The number of carbonyl (C=O) groups is 1. The third-order valence-corrected chi connectivity index (χ3v) is 4.91. The van der Waals surface area contributed by atoms with E-state index < -0.39 is 0 Å². The summed E-state index contributed by atoms with van der Waals surface area (Å²) in [5.41, 5.74) is 1.94. The molecule has 1 unspecified atom stereocenters. The highest BCUT2D eigenvalue weighted by Gasteiger charge is 2.15. The molecule has 0 aliphatic carbocycles. The van der Waals surface area contributed by atoms with Crippen LogP contribution in [0.5, 0.6) is 0 Å². The minimum Gasteiger partial charge on any atom is -0.334 e. The van der Waals surface area contributed by atoms with E-state index >= 15 is 0 Å². The SMILES string of the molecule is CC(CN1CCCCC1)NC(=O)Nc1nc(-c2ccccc2)cs1. The van der Waals surface area contributed by atoms with Crippen molar-refractivity contribution in [3.05, 3.63) is 35.7 Å². The summed E-state index contributed by atoms with van der Waals surface area (Å²) >= 11 is 1.44. The molecule has 6 heteroatoms. The van der Waals surface area contributed by atoms with Gasteiger partial charge in [-0.05, 0) is 32.9 Å². The number of carbonyl (C=O) groups excluding carboxylic acids is 1. The predicted molar refractivity (Wildman–Crippen MR) is 99.5 cm³/mol. The number of amides is 2. The zero-order valence-corrected chi connectivity index (χ0v) is 14.8. The zero-order chi connectivity index (χ0) is 16.8. The Hall–Kier alpha value is -1.92. The predicted octanol–water partition coefficient (Wildman–Crippen LogP) is 3.81. The van der Waals surface area contributed by atoms with Gasteiger partial charge in [0.2, 0.25) is 0 Å². The summed E-state index contributed by atoms with van der Waals surface area (Å²) in [6.45, 7) is 5.23. The van der Waals surface area contributed by atoms with Crippen LogP contribution in [-0.4, -0.2) is 41.6 Å². The number of likely N-dealkylation sites (tertiary alicyclic amines) is 1. The summed E-state index contributed by atoms with van der Waals surface area (Å²) in [5, 5.41) is 8.42. The maximum Gasteiger partial charge on any atom is 0.321 e. The Bertz CT molecular complexity index is 652. The fraction of sp³-hybridized carbons (Fsp3) is 0.444. The lowest BCUT2D eigenvalue weighted by molar-refractivity contribution is 0.206. The molecule has 1 atom stereocenters. The van der Waals surface area contributed by atoms with Crippen LogP contribution in [0.15, 0.2) is 35.7 Å². The van der Waals surface area contributed by atoms with Crippen molar-refractivity contribution in [1.82, 2.24) is 15.2 Å². The zero-order valence-electron chi connectivity index (χ0n) is 14.0. The number of thiazole rings is 1. The van der Waals surface area contributed by atoms with Crippen molar-refractivity contribution in [2.45, 2.75) is 32.2 Å². The molecule has 1 aromatic heterocycles. The highest BCUT2D eigenvalue weighted by Crippen LogP contribution is 2.24. The molecule has 1 aliphatic heterocycles. The van der Waals surface area contributed by atoms with Crippen LogP contribution in [0.4, 0.5) is 9.93 Å². The second-order valence-electron chi connectivity index (χ2n) is 6.26. The van der Waals surface area contributed by atoms with Crippen LogP contribution >= 0.6 is 11.3 Å². The molecule has 1 saturated heterocycles. The lowest BCUT2D eigenvalue weighted by Crippen LogP contribution is -2.45. The lowest BCUT2D eigenvalue weighted by Gasteiger charge is -2.29. The molecule has 2 aromatic rings. The van der Waals surface area contributed by atoms with E-state index in [1.807, 2.05) is 42.6 Å². The summed E-state index contributed by atoms with van der Waals surface area (Å²) in [6, 6.07) is 9.91. The summed E-state index contributed by atoms with van der Waals surface area (Å²) < 4.78 is 0. The van der Waals surface area contributed by atoms with Crippen LogP contribution in [0, 0.1) is 0 Å². The number of aromatic nitrogens is 1. The van der Waals surface area contributed by atoms with Gasteiger partial charge in [0.05, 0.1) is 5.69 Å². The van der Waals surface area contributed by atoms with Crippen LogP contribution < -0.4 is 10.6 Å². The number of nitrogens with one attached hydrogen (secondary N) is 2. The van der Waals surface area contributed by atoms with Gasteiger partial charge in [0.15, 0.2) is 5.13 Å². The minimum absolute atomic E-state index is 0.122. The van der Waals surface area contributed by atoms with Crippen molar-refractivity contribution in [2.24, 2.45) is 0 Å². The quantitative estimate of drug-likeness (QED) is 0.867. The van der Waals surface area contributed by atoms with Gasteiger partial charge in [-0.1, -0.05) is 36.8 Å². The van der Waals surface area contributed by atoms with E-state index in [9.17, 15) is 4.79 Å². The molecule has 24 heavy (non-hydrogen) atoms. The number of urea groups is 1. The van der Waals surface area contributed by atoms with Gasteiger partial charge < -0.3 is 10.2 Å². The first kappa shape index (κ1) is 16.9. The van der Waals surface area contributed by atoms with E-state index in [0.29, 0.717) is 5.13 Å². The number of benzene rings is 1. The van der Waals surface area contributed by atoms with Crippen LogP contribution in [0.1, 0.15) is 26.2 Å². The largest absolute Gasteiger partial charge is 0.334 e. The second-order valence-corrected chi connectivity index (χ2v) is 7.12. The average Bonchev–Trinajstić information content (AvgIpc) is 3.04. The van der Waals surface area contributed by atoms with Gasteiger partial charge in [-0.2, -0.15) is 0 Å². The molecule has 1 aromatic carbocycles. The number of anilines is 1. The first-order valence-electron chi connectivity index (χ1n) is 8.51. The van der Waals surface area contributed by atoms with Crippen molar-refractivity contribution in [3.63, 3.8) is 0 Å². The molecule has 0 radical (unpaired) electrons. The van der Waals surface area contributed by atoms with Gasteiger partial charge in [0, 0.05) is 23.5 Å². The standard InChI is InChI=1S/C18H24N4OS/c1-14(12-22-10-6-3-7-11-22)19-17(23)21-18-20-16(13-24-18)15-8-4-2-5-9-15/h2,4-5,8-9,13-14H,3,6-7,10-12H2,1H3,(H2,19,20,21,23). The Kier molecular flexibility index (Phi) is 5.82. The monoisotopic (exact) mass is 344 g/mol. The van der Waals surface area contributed by atoms with Crippen molar-refractivity contribution in [3.8, 4) is 11.3 Å². The summed E-state index contributed by atoms with van der Waals surface area (Å²) in [4.78, 5) is 19.0. The molecule has 1 fully saturated rings. The van der Waals surface area contributed by atoms with E-state index in [-0.39, 0.29) is 12.1 Å². The van der Waals surface area contributed by atoms with Crippen molar-refractivity contribution < 1.29 is 4.79 Å². The molecule has 2 heterocycles. The molecule has 5 nitrogen and oxygen atoms in total. The van der Waals surface area contributed by atoms with Gasteiger partial charge in [-0.15, -0.1) is 11.3 Å². The Morgan fingerprint density at radius 2 is 2.00 bits per heavy atom. The third-order valence-electron chi connectivity index (χ3n) is 4.15. The molecular formula is C18H24N4OS. The third kappa shape index (κ3) is 4.79. The number of rotatable bonds is 5. The molecule has 2 N–H and O–H groups in total. The van der Waals surface area contributed by atoms with E-state index in [1.54, 1.807) is 0 Å². The summed E-state index contributed by atoms with van der Waals surface area (Å²) in [5.74, 6) is 0. The first-order valence-corrected chi connectivity index (χ1v) is 9.39. The normalized spacial score (nSPS) is 16.5. The second kappa shape index (κ2) is 8.26. The lowest BCUT2D eigenvalue weighted by atomic mass is 10.1. The molecule has 1 aliphatic rings. The fourth-order valence-electron chi connectivity index (χ4n) is 3.00. The number of hydrogen-bond donors (Lipinski definition) is 2. The Morgan fingerprint density at radius 3 is 2.75 bits per heavy atom. The van der Waals surface area contributed by atoms with Gasteiger partial charge in [0.25, 0.3) is 0 Å². The van der Waals surface area contributed by atoms with Crippen LogP contribution in [-0.2, 0) is 0 Å². The Labute approximate surface area is 147 Å². The van der Waals surface area contributed by atoms with Crippen molar-refractivity contribution in [2.75, 3.05) is 25.0 Å². The topological polar surface area (TPSA) is 57.3 Å². The average molecular weight is 344 g/mol.